The van der Waals surface area contributed by atoms with Crippen LogP contribution in [-0.2, 0) is 0 Å². The van der Waals surface area contributed by atoms with Gasteiger partial charge in [0.15, 0.2) is 0 Å². The molecule has 1 N–H and O–H groups in total. The molecule has 0 aliphatic heterocycles. The van der Waals surface area contributed by atoms with Gasteiger partial charge in [0.05, 0.1) is 17.0 Å². The van der Waals surface area contributed by atoms with Crippen LogP contribution in [0.4, 0.5) is 0 Å². The number of fused-ring (bicyclic) bond motifs is 1. The van der Waals surface area contributed by atoms with Crippen molar-refractivity contribution in [2.24, 2.45) is 0 Å². The monoisotopic (exact) mass is 213 g/mol. The van der Waals surface area contributed by atoms with Gasteiger partial charge in [-0.25, -0.2) is 0 Å². The number of nitrogens with zero attached hydrogens (tertiary/aromatic N) is 2. The fraction of sp³-hybridized carbons (Fsp3) is 0.167. The Morgan fingerprint density at radius 3 is 2.94 bits per heavy atom. The average molecular weight is 213 g/mol. The maximum Gasteiger partial charge on any atom is 0.143 e. The Labute approximate surface area is 92.3 Å². The molecule has 0 fully saturated rings. The van der Waals surface area contributed by atoms with Crippen molar-refractivity contribution in [1.82, 2.24) is 15.1 Å². The van der Waals surface area contributed by atoms with E-state index in [2.05, 4.69) is 15.1 Å². The Bertz CT molecular complexity index is 632. The summed E-state index contributed by atoms with van der Waals surface area (Å²) in [5.41, 5.74) is 3.82. The summed E-state index contributed by atoms with van der Waals surface area (Å²) in [6.45, 7) is 3.82. The van der Waals surface area contributed by atoms with E-state index in [0.29, 0.717) is 0 Å². The molecule has 0 amide bonds. The fourth-order valence-electron chi connectivity index (χ4n) is 1.93. The fourth-order valence-corrected chi connectivity index (χ4v) is 1.93. The first kappa shape index (κ1) is 9.15. The van der Waals surface area contributed by atoms with E-state index in [1.165, 1.54) is 0 Å². The van der Waals surface area contributed by atoms with E-state index in [4.69, 9.17) is 4.52 Å². The smallest absolute Gasteiger partial charge is 0.143 e. The molecule has 0 spiro atoms. The van der Waals surface area contributed by atoms with E-state index >= 15 is 0 Å². The number of pyridine rings is 1. The van der Waals surface area contributed by atoms with E-state index in [0.717, 1.165) is 33.6 Å². The molecule has 3 aromatic rings. The highest BCUT2D eigenvalue weighted by Gasteiger charge is 2.12. The summed E-state index contributed by atoms with van der Waals surface area (Å²) in [7, 11) is 0. The SMILES string of the molecule is Cc1noc(C)c1-c1cc2[nH]ccc2cn1. The van der Waals surface area contributed by atoms with Crippen molar-refractivity contribution in [1.29, 1.82) is 0 Å². The van der Waals surface area contributed by atoms with Crippen LogP contribution in [-0.4, -0.2) is 15.1 Å². The standard InChI is InChI=1S/C12H11N3O/c1-7-12(8(2)16-15-7)11-5-10-9(6-14-11)3-4-13-10/h3-6,13H,1-2H3. The zero-order valence-electron chi connectivity index (χ0n) is 9.11. The molecule has 3 aromatic heterocycles. The lowest BCUT2D eigenvalue weighted by molar-refractivity contribution is 0.393. The molecule has 0 saturated carbocycles. The third kappa shape index (κ3) is 1.23. The van der Waals surface area contributed by atoms with Gasteiger partial charge >= 0.3 is 0 Å². The van der Waals surface area contributed by atoms with E-state index in [-0.39, 0.29) is 0 Å². The molecule has 3 heterocycles. The van der Waals surface area contributed by atoms with Crippen LogP contribution >= 0.6 is 0 Å². The Hall–Kier alpha value is -2.10. The van der Waals surface area contributed by atoms with Crippen molar-refractivity contribution >= 4 is 10.9 Å². The topological polar surface area (TPSA) is 54.7 Å². The average Bonchev–Trinajstić information content (AvgIpc) is 2.85. The zero-order valence-corrected chi connectivity index (χ0v) is 9.11. The van der Waals surface area contributed by atoms with Gasteiger partial charge in [0.2, 0.25) is 0 Å². The molecule has 0 radical (unpaired) electrons. The minimum atomic E-state index is 0.802. The molecule has 16 heavy (non-hydrogen) atoms. The second kappa shape index (κ2) is 3.20. The maximum atomic E-state index is 5.14. The van der Waals surface area contributed by atoms with E-state index in [1.54, 1.807) is 0 Å². The van der Waals surface area contributed by atoms with Crippen LogP contribution in [0.15, 0.2) is 29.0 Å². The minimum absolute atomic E-state index is 0.802. The van der Waals surface area contributed by atoms with Crippen LogP contribution in [0.1, 0.15) is 11.5 Å². The first-order chi connectivity index (χ1) is 7.75. The van der Waals surface area contributed by atoms with E-state index in [9.17, 15) is 0 Å². The Balaban J connectivity index is 2.25. The van der Waals surface area contributed by atoms with Crippen LogP contribution < -0.4 is 0 Å². The summed E-state index contributed by atoms with van der Waals surface area (Å²) in [6.07, 6.45) is 3.76. The number of hydrogen-bond acceptors (Lipinski definition) is 3. The molecule has 80 valence electrons. The van der Waals surface area contributed by atoms with Crippen molar-refractivity contribution in [3.8, 4) is 11.3 Å². The van der Waals surface area contributed by atoms with Crippen LogP contribution in [0.3, 0.4) is 0 Å². The van der Waals surface area contributed by atoms with Gasteiger partial charge in [-0.05, 0) is 26.0 Å². The van der Waals surface area contributed by atoms with Crippen LogP contribution in [0.5, 0.6) is 0 Å². The minimum Gasteiger partial charge on any atom is -0.361 e. The molecule has 0 unspecified atom stereocenters. The number of nitrogens with one attached hydrogen (secondary N) is 1. The van der Waals surface area contributed by atoms with Gasteiger partial charge in [0.1, 0.15) is 5.76 Å². The highest BCUT2D eigenvalue weighted by molar-refractivity contribution is 5.82. The predicted molar refractivity (Wildman–Crippen MR) is 61.1 cm³/mol. The number of hydrogen-bond donors (Lipinski definition) is 1. The van der Waals surface area contributed by atoms with Gasteiger partial charge in [-0.15, -0.1) is 0 Å². The predicted octanol–water partition coefficient (Wildman–Crippen LogP) is 2.83. The Morgan fingerprint density at radius 2 is 2.19 bits per heavy atom. The van der Waals surface area contributed by atoms with Crippen molar-refractivity contribution in [2.75, 3.05) is 0 Å². The summed E-state index contributed by atoms with van der Waals surface area (Å²) in [6, 6.07) is 4.02. The molecule has 0 aliphatic rings. The second-order valence-corrected chi connectivity index (χ2v) is 3.83. The maximum absolute atomic E-state index is 5.14. The quantitative estimate of drug-likeness (QED) is 0.676. The number of rotatable bonds is 1. The van der Waals surface area contributed by atoms with Gasteiger partial charge in [-0.3, -0.25) is 4.98 Å². The lowest BCUT2D eigenvalue weighted by Gasteiger charge is -1.99. The van der Waals surface area contributed by atoms with Gasteiger partial charge in [-0.1, -0.05) is 5.16 Å². The van der Waals surface area contributed by atoms with Crippen molar-refractivity contribution in [3.63, 3.8) is 0 Å². The molecule has 4 nitrogen and oxygen atoms in total. The van der Waals surface area contributed by atoms with E-state index < -0.39 is 0 Å². The molecule has 3 rings (SSSR count). The van der Waals surface area contributed by atoms with Gasteiger partial charge < -0.3 is 9.51 Å². The molecule has 0 aliphatic carbocycles. The first-order valence-corrected chi connectivity index (χ1v) is 5.12. The lowest BCUT2D eigenvalue weighted by atomic mass is 10.1. The van der Waals surface area contributed by atoms with Crippen LogP contribution in [0.2, 0.25) is 0 Å². The molecule has 4 heteroatoms. The lowest BCUT2D eigenvalue weighted by Crippen LogP contribution is -1.86. The summed E-state index contributed by atoms with van der Waals surface area (Å²) >= 11 is 0. The third-order valence-electron chi connectivity index (χ3n) is 2.73. The van der Waals surface area contributed by atoms with Crippen molar-refractivity contribution < 1.29 is 4.52 Å². The number of H-pyrrole nitrogens is 1. The Kier molecular flexibility index (Phi) is 1.83. The summed E-state index contributed by atoms with van der Waals surface area (Å²) in [5, 5.41) is 5.04. The number of aromatic amines is 1. The summed E-state index contributed by atoms with van der Waals surface area (Å²) in [4.78, 5) is 7.59. The molecule has 0 saturated heterocycles. The first-order valence-electron chi connectivity index (χ1n) is 5.12. The molecule has 0 bridgehead atoms. The molecular formula is C12H11N3O. The summed E-state index contributed by atoms with van der Waals surface area (Å²) < 4.78 is 5.14. The normalized spacial score (nSPS) is 11.1. The van der Waals surface area contributed by atoms with Gasteiger partial charge in [0, 0.05) is 23.3 Å². The van der Waals surface area contributed by atoms with E-state index in [1.807, 2.05) is 38.4 Å². The number of aryl methyl sites for hydroxylation is 2. The zero-order chi connectivity index (χ0) is 11.1. The summed E-state index contributed by atoms with van der Waals surface area (Å²) in [5.74, 6) is 0.802. The van der Waals surface area contributed by atoms with Crippen LogP contribution in [0.25, 0.3) is 22.2 Å². The van der Waals surface area contributed by atoms with Crippen molar-refractivity contribution in [2.45, 2.75) is 13.8 Å². The largest absolute Gasteiger partial charge is 0.361 e. The number of aromatic nitrogens is 3. The third-order valence-corrected chi connectivity index (χ3v) is 2.73. The van der Waals surface area contributed by atoms with Crippen LogP contribution in [0, 0.1) is 13.8 Å². The molecular weight excluding hydrogens is 202 g/mol. The highest BCUT2D eigenvalue weighted by atomic mass is 16.5. The highest BCUT2D eigenvalue weighted by Crippen LogP contribution is 2.26. The molecule has 0 atom stereocenters. The molecule has 0 aromatic carbocycles. The second-order valence-electron chi connectivity index (χ2n) is 3.83. The van der Waals surface area contributed by atoms with Gasteiger partial charge in [-0.2, -0.15) is 0 Å². The van der Waals surface area contributed by atoms with Crippen molar-refractivity contribution in [3.05, 3.63) is 36.0 Å². The Morgan fingerprint density at radius 1 is 1.31 bits per heavy atom. The van der Waals surface area contributed by atoms with Gasteiger partial charge in [0.25, 0.3) is 0 Å².